The first-order valence-corrected chi connectivity index (χ1v) is 26.4. The van der Waals surface area contributed by atoms with Gasteiger partial charge in [-0.05, 0) is 81.8 Å². The summed E-state index contributed by atoms with van der Waals surface area (Å²) in [6, 6.07) is 14.3. The lowest BCUT2D eigenvalue weighted by Gasteiger charge is -2.36. The fraction of sp³-hybridized carbons (Fsp3) is 0.518. The van der Waals surface area contributed by atoms with Crippen LogP contribution in [0.5, 0.6) is 5.75 Å². The number of rotatable bonds is 21. The number of benzene rings is 2. The number of carbonyl (C=O) groups excluding carboxylic acids is 6. The summed E-state index contributed by atoms with van der Waals surface area (Å²) in [6.45, 7) is 11.5. The Morgan fingerprint density at radius 1 is 0.974 bits per heavy atom. The van der Waals surface area contributed by atoms with Gasteiger partial charge in [-0.3, -0.25) is 33.4 Å². The van der Waals surface area contributed by atoms with E-state index in [1.54, 1.807) is 34.0 Å². The normalized spacial score (nSPS) is 17.6. The van der Waals surface area contributed by atoms with Crippen molar-refractivity contribution in [1.29, 1.82) is 5.26 Å². The molecule has 0 radical (unpaired) electrons. The van der Waals surface area contributed by atoms with Gasteiger partial charge in [0.25, 0.3) is 5.91 Å². The van der Waals surface area contributed by atoms with Crippen molar-refractivity contribution in [2.24, 2.45) is 5.41 Å². The lowest BCUT2D eigenvalue weighted by molar-refractivity contribution is -0.144. The number of halogens is 1. The molecule has 1 fully saturated rings. The number of nitrogens with one attached hydrogen (secondary N) is 5. The zero-order valence-corrected chi connectivity index (χ0v) is 45.1. The number of nitrogens with two attached hydrogens (primary N) is 1. The number of hydrogen-bond donors (Lipinski definition) is 6. The molecule has 2 aliphatic heterocycles. The number of nitriles is 1. The molecule has 6 amide bonds. The number of nitrogens with zero attached hydrogens (tertiary/aromatic N) is 6. The number of ether oxygens (including phenoxy) is 1. The van der Waals surface area contributed by atoms with Crippen LogP contribution in [0.1, 0.15) is 151 Å². The third kappa shape index (κ3) is 14.7. The molecule has 7 N–H and O–H groups in total. The molecule has 4 aromatic rings. The van der Waals surface area contributed by atoms with E-state index in [-0.39, 0.29) is 97.4 Å². The number of likely N-dealkylation sites (N-methyl/N-ethyl adjacent to an activating group) is 1. The van der Waals surface area contributed by atoms with Gasteiger partial charge < -0.3 is 46.9 Å². The fourth-order valence-corrected chi connectivity index (χ4v) is 9.70. The number of carbonyl (C=O) groups is 6. The Kier molecular flexibility index (Phi) is 20.1. The Labute approximate surface area is 445 Å². The number of fused-ring (bicyclic) bond motifs is 5. The van der Waals surface area contributed by atoms with Crippen LogP contribution >= 0.6 is 0 Å². The molecule has 1 saturated heterocycles. The molecule has 0 saturated carbocycles. The summed E-state index contributed by atoms with van der Waals surface area (Å²) in [5.41, 5.74) is 8.59. The first-order valence-electron chi connectivity index (χ1n) is 26.4. The molecule has 408 valence electrons. The van der Waals surface area contributed by atoms with E-state index in [2.05, 4.69) is 37.6 Å². The average molecular weight is 1050 g/mol. The molecule has 6 rings (SSSR count). The Bertz CT molecular complexity index is 2760. The van der Waals surface area contributed by atoms with Gasteiger partial charge in [-0.2, -0.15) is 10.4 Å². The van der Waals surface area contributed by atoms with Crippen molar-refractivity contribution in [3.8, 4) is 22.9 Å². The summed E-state index contributed by atoms with van der Waals surface area (Å²) in [6.07, 6.45) is 6.87. The molecular weight excluding hydrogens is 972 g/mol. The summed E-state index contributed by atoms with van der Waals surface area (Å²) in [4.78, 5) is 88.7. The van der Waals surface area contributed by atoms with E-state index in [0.717, 1.165) is 31.2 Å². The summed E-state index contributed by atoms with van der Waals surface area (Å²) in [5.74, 6) is -1.99. The average Bonchev–Trinajstić information content (AvgIpc) is 3.98. The van der Waals surface area contributed by atoms with Crippen molar-refractivity contribution in [1.82, 2.24) is 51.1 Å². The molecule has 0 spiro atoms. The maximum Gasteiger partial charge on any atom is 0.254 e. The van der Waals surface area contributed by atoms with Gasteiger partial charge >= 0.3 is 0 Å². The lowest BCUT2D eigenvalue weighted by Crippen LogP contribution is -2.59. The SMILES string of the molecule is CC[C@@H](NC(=O)[C@@H]1C[C@H](NC(=O)CCCCCCCCC(=O)NCCn2nc3c(c2C#N)-c2cnc(N)c(c2)O[C@H](C)c2cc(F)ccc2C(=O)N(C)C3)CN1C(=O)[C@@H](NC(=O)[C@H](C)NC)C(C)(C)C)c1ccccc1. The smallest absolute Gasteiger partial charge is 0.254 e. The minimum absolute atomic E-state index is 0.0146. The topological polar surface area (TPSA) is 259 Å². The second kappa shape index (κ2) is 26.4. The molecular formula is C56H75FN12O7. The van der Waals surface area contributed by atoms with Gasteiger partial charge in [-0.15, -0.1) is 0 Å². The zero-order chi connectivity index (χ0) is 55.3. The predicted octanol–water partition coefficient (Wildman–Crippen LogP) is 5.99. The minimum atomic E-state index is -0.922. The van der Waals surface area contributed by atoms with Crippen molar-refractivity contribution in [2.75, 3.05) is 32.9 Å². The summed E-state index contributed by atoms with van der Waals surface area (Å²) < 4.78 is 22.1. The number of nitrogen functional groups attached to an aromatic ring is 1. The first-order chi connectivity index (χ1) is 36.2. The number of aromatic nitrogens is 3. The highest BCUT2D eigenvalue weighted by atomic mass is 19.1. The highest BCUT2D eigenvalue weighted by Gasteiger charge is 2.46. The number of unbranched alkanes of at least 4 members (excludes halogenated alkanes) is 5. The van der Waals surface area contributed by atoms with Gasteiger partial charge in [0, 0.05) is 67.5 Å². The molecule has 20 heteroatoms. The van der Waals surface area contributed by atoms with Crippen LogP contribution in [0.3, 0.4) is 0 Å². The third-order valence-corrected chi connectivity index (χ3v) is 14.1. The molecule has 19 nitrogen and oxygen atoms in total. The highest BCUT2D eigenvalue weighted by Crippen LogP contribution is 2.36. The molecule has 2 aromatic carbocycles. The second-order valence-corrected chi connectivity index (χ2v) is 20.9. The van der Waals surface area contributed by atoms with Gasteiger partial charge in [0.05, 0.1) is 30.9 Å². The lowest BCUT2D eigenvalue weighted by atomic mass is 9.85. The summed E-state index contributed by atoms with van der Waals surface area (Å²) >= 11 is 0. The van der Waals surface area contributed by atoms with Crippen LogP contribution in [-0.4, -0.2) is 111 Å². The number of amides is 6. The van der Waals surface area contributed by atoms with Gasteiger partial charge in [-0.1, -0.05) is 83.7 Å². The Balaban J connectivity index is 0.963. The van der Waals surface area contributed by atoms with E-state index < -0.39 is 47.4 Å². The van der Waals surface area contributed by atoms with E-state index in [1.165, 1.54) is 38.9 Å². The molecule has 76 heavy (non-hydrogen) atoms. The maximum absolute atomic E-state index is 14.4. The Morgan fingerprint density at radius 2 is 1.66 bits per heavy atom. The molecule has 2 bridgehead atoms. The van der Waals surface area contributed by atoms with Crippen LogP contribution in [0.2, 0.25) is 0 Å². The fourth-order valence-electron chi connectivity index (χ4n) is 9.70. The standard InChI is InChI=1S/C56H75FN12O7/c1-9-42(36-19-15-14-16-20-36)64-53(73)44-29-39(32-68(44)55(75)50(56(4,5)6)65-52(72)34(2)60-7)63-48(71)22-18-13-11-10-12-17-21-47(70)61-25-26-69-45(30-58)49-37-27-46(51(59)62-31-37)76-35(3)41-28-38(57)23-24-40(41)54(74)67(8)33-43(49)66-69/h14-16,19-20,23-24,27-28,31,34-35,39,42,44,50,60H,9-13,17-18,21-22,25-26,29,32-33H2,1-8H3,(H2,59,62)(H,61,70)(H,63,71)(H,64,73)(H,65,72)/t34-,35+,39-,42+,44-,50+/m0/s1. The molecule has 0 unspecified atom stereocenters. The first kappa shape index (κ1) is 57.9. The van der Waals surface area contributed by atoms with Gasteiger partial charge in [0.15, 0.2) is 11.6 Å². The molecule has 6 atom stereocenters. The van der Waals surface area contributed by atoms with E-state index in [1.807, 2.05) is 58.0 Å². The molecule has 0 aliphatic carbocycles. The van der Waals surface area contributed by atoms with Crippen LogP contribution in [0, 0.1) is 22.6 Å². The van der Waals surface area contributed by atoms with E-state index in [9.17, 15) is 38.4 Å². The summed E-state index contributed by atoms with van der Waals surface area (Å²) in [5, 5.41) is 30.1. The number of hydrogen-bond acceptors (Lipinski definition) is 12. The Morgan fingerprint density at radius 3 is 2.32 bits per heavy atom. The minimum Gasteiger partial charge on any atom is -0.482 e. The summed E-state index contributed by atoms with van der Waals surface area (Å²) in [7, 11) is 3.26. The molecule has 2 aromatic heterocycles. The van der Waals surface area contributed by atoms with E-state index >= 15 is 0 Å². The molecule has 2 aliphatic rings. The van der Waals surface area contributed by atoms with Crippen molar-refractivity contribution >= 4 is 41.3 Å². The van der Waals surface area contributed by atoms with Gasteiger partial charge in [0.2, 0.25) is 29.5 Å². The number of anilines is 1. The Hall–Kier alpha value is -7.40. The van der Waals surface area contributed by atoms with Crippen molar-refractivity contribution < 1.29 is 37.9 Å². The predicted molar refractivity (Wildman–Crippen MR) is 285 cm³/mol. The van der Waals surface area contributed by atoms with E-state index in [4.69, 9.17) is 15.6 Å². The second-order valence-electron chi connectivity index (χ2n) is 20.9. The molecule has 4 heterocycles. The largest absolute Gasteiger partial charge is 0.482 e. The van der Waals surface area contributed by atoms with Crippen molar-refractivity contribution in [3.63, 3.8) is 0 Å². The van der Waals surface area contributed by atoms with Crippen molar-refractivity contribution in [3.05, 3.63) is 94.7 Å². The third-order valence-electron chi connectivity index (χ3n) is 14.1. The van der Waals surface area contributed by atoms with Crippen LogP contribution < -0.4 is 37.1 Å². The quantitative estimate of drug-likeness (QED) is 0.0526. The number of likely N-dealkylation sites (tertiary alicyclic amines) is 1. The van der Waals surface area contributed by atoms with Crippen LogP contribution in [-0.2, 0) is 37.1 Å². The highest BCUT2D eigenvalue weighted by molar-refractivity contribution is 5.96. The van der Waals surface area contributed by atoms with Gasteiger partial charge in [-0.25, -0.2) is 9.37 Å². The monoisotopic (exact) mass is 1050 g/mol. The van der Waals surface area contributed by atoms with Crippen LogP contribution in [0.25, 0.3) is 11.1 Å². The van der Waals surface area contributed by atoms with E-state index in [0.29, 0.717) is 48.1 Å². The van der Waals surface area contributed by atoms with Crippen LogP contribution in [0.15, 0.2) is 60.8 Å². The van der Waals surface area contributed by atoms with Crippen molar-refractivity contribution in [2.45, 2.75) is 155 Å². The van der Waals surface area contributed by atoms with Gasteiger partial charge in [0.1, 0.15) is 35.8 Å². The van der Waals surface area contributed by atoms with Crippen LogP contribution in [0.4, 0.5) is 10.2 Å². The zero-order valence-electron chi connectivity index (χ0n) is 45.1. The maximum atomic E-state index is 14.4. The number of pyridine rings is 1.